The predicted octanol–water partition coefficient (Wildman–Crippen LogP) is 0.716. The van der Waals surface area contributed by atoms with Crippen LogP contribution in [0.5, 0.6) is 0 Å². The number of allylic oxidation sites excluding steroid dienone is 2. The molecule has 0 aromatic rings. The summed E-state index contributed by atoms with van der Waals surface area (Å²) in [7, 11) is 0. The summed E-state index contributed by atoms with van der Waals surface area (Å²) in [6.07, 6.45) is 8.37. The molecule has 2 N–H and O–H groups in total. The van der Waals surface area contributed by atoms with Crippen molar-refractivity contribution in [1.29, 1.82) is 0 Å². The highest BCUT2D eigenvalue weighted by atomic mass is 16.3. The second-order valence-corrected chi connectivity index (χ2v) is 4.47. The van der Waals surface area contributed by atoms with E-state index >= 15 is 0 Å². The number of fused-ring (bicyclic) bond motifs is 5. The van der Waals surface area contributed by atoms with E-state index in [1.165, 1.54) is 0 Å². The van der Waals surface area contributed by atoms with Gasteiger partial charge >= 0.3 is 0 Å². The van der Waals surface area contributed by atoms with Gasteiger partial charge in [-0.3, -0.25) is 0 Å². The topological polar surface area (TPSA) is 40.5 Å². The van der Waals surface area contributed by atoms with Crippen LogP contribution in [-0.2, 0) is 0 Å². The maximum absolute atomic E-state index is 9.79. The monoisotopic (exact) mass is 178 g/mol. The predicted molar refractivity (Wildman–Crippen MR) is 48.9 cm³/mol. The summed E-state index contributed by atoms with van der Waals surface area (Å²) in [4.78, 5) is 0. The Morgan fingerprint density at radius 3 is 1.69 bits per heavy atom. The average Bonchev–Trinajstić information content (AvgIpc) is 2.70. The summed E-state index contributed by atoms with van der Waals surface area (Å²) < 4.78 is 0. The van der Waals surface area contributed by atoms with Crippen LogP contribution in [-0.4, -0.2) is 22.4 Å². The lowest BCUT2D eigenvalue weighted by Crippen LogP contribution is -2.39. The molecule has 0 aromatic carbocycles. The van der Waals surface area contributed by atoms with E-state index in [1.54, 1.807) is 12.2 Å². The highest BCUT2D eigenvalue weighted by molar-refractivity contribution is 5.22. The molecule has 0 aromatic heterocycles. The van der Waals surface area contributed by atoms with Crippen LogP contribution >= 0.6 is 0 Å². The van der Waals surface area contributed by atoms with Crippen LogP contribution in [0.15, 0.2) is 24.3 Å². The smallest absolute Gasteiger partial charge is 0.0759 e. The Kier molecular flexibility index (Phi) is 1.47. The van der Waals surface area contributed by atoms with Crippen LogP contribution in [0.4, 0.5) is 0 Å². The van der Waals surface area contributed by atoms with E-state index in [0.717, 1.165) is 6.42 Å². The minimum atomic E-state index is -0.339. The molecule has 6 atom stereocenters. The zero-order chi connectivity index (χ0) is 9.00. The van der Waals surface area contributed by atoms with Crippen molar-refractivity contribution in [1.82, 2.24) is 0 Å². The van der Waals surface area contributed by atoms with Gasteiger partial charge in [-0.25, -0.2) is 0 Å². The zero-order valence-corrected chi connectivity index (χ0v) is 7.38. The first-order valence-corrected chi connectivity index (χ1v) is 5.00. The molecule has 1 fully saturated rings. The van der Waals surface area contributed by atoms with Crippen molar-refractivity contribution < 1.29 is 10.2 Å². The average molecular weight is 178 g/mol. The zero-order valence-electron chi connectivity index (χ0n) is 7.38. The third kappa shape index (κ3) is 0.903. The van der Waals surface area contributed by atoms with Crippen LogP contribution < -0.4 is 0 Å². The standard InChI is InChI=1S/C11H14O2/c12-8-3-4-9(13)11-7-2-1-6(5-7)10(8)11/h1-4,6-13H,5H2/t6-,7+,8+,9-,10?,11?. The fourth-order valence-electron chi connectivity index (χ4n) is 3.34. The van der Waals surface area contributed by atoms with E-state index in [-0.39, 0.29) is 24.0 Å². The van der Waals surface area contributed by atoms with E-state index in [0.29, 0.717) is 11.8 Å². The van der Waals surface area contributed by atoms with Gasteiger partial charge in [-0.05, 0) is 18.3 Å². The van der Waals surface area contributed by atoms with Gasteiger partial charge in [0.05, 0.1) is 12.2 Å². The van der Waals surface area contributed by atoms with Gasteiger partial charge in [0.25, 0.3) is 0 Å². The Hall–Kier alpha value is -0.600. The summed E-state index contributed by atoms with van der Waals surface area (Å²) in [5.74, 6) is 1.55. The first-order chi connectivity index (χ1) is 6.27. The Labute approximate surface area is 77.6 Å². The molecule has 2 unspecified atom stereocenters. The molecule has 3 aliphatic rings. The van der Waals surface area contributed by atoms with Gasteiger partial charge in [0, 0.05) is 11.8 Å². The van der Waals surface area contributed by atoms with Gasteiger partial charge in [-0.2, -0.15) is 0 Å². The third-order valence-electron chi connectivity index (χ3n) is 3.88. The molecule has 1 saturated carbocycles. The normalized spacial score (nSPS) is 57.1. The third-order valence-corrected chi connectivity index (χ3v) is 3.88. The van der Waals surface area contributed by atoms with E-state index in [1.807, 2.05) is 0 Å². The molecule has 3 rings (SSSR count). The number of aliphatic hydroxyl groups excluding tert-OH is 2. The molecule has 0 amide bonds. The molecule has 2 nitrogen and oxygen atoms in total. The van der Waals surface area contributed by atoms with Crippen LogP contribution in [0.25, 0.3) is 0 Å². The molecule has 3 aliphatic carbocycles. The molecule has 2 heteroatoms. The summed E-state index contributed by atoms with van der Waals surface area (Å²) in [5.41, 5.74) is 0. The highest BCUT2D eigenvalue weighted by Gasteiger charge is 2.50. The fraction of sp³-hybridized carbons (Fsp3) is 0.636. The minimum Gasteiger partial charge on any atom is -0.389 e. The molecular formula is C11H14O2. The first kappa shape index (κ1) is 7.77. The van der Waals surface area contributed by atoms with Gasteiger partial charge in [0.2, 0.25) is 0 Å². The van der Waals surface area contributed by atoms with E-state index in [9.17, 15) is 10.2 Å². The lowest BCUT2D eigenvalue weighted by atomic mass is 9.73. The van der Waals surface area contributed by atoms with Crippen molar-refractivity contribution in [3.8, 4) is 0 Å². The largest absolute Gasteiger partial charge is 0.389 e. The molecule has 0 spiro atoms. The molecule has 0 radical (unpaired) electrons. The summed E-state index contributed by atoms with van der Waals surface area (Å²) in [5, 5.41) is 19.6. The maximum Gasteiger partial charge on any atom is 0.0759 e. The number of aliphatic hydroxyl groups is 2. The van der Waals surface area contributed by atoms with Crippen LogP contribution in [0, 0.1) is 23.7 Å². The molecular weight excluding hydrogens is 164 g/mol. The van der Waals surface area contributed by atoms with Gasteiger partial charge in [-0.1, -0.05) is 24.3 Å². The summed E-state index contributed by atoms with van der Waals surface area (Å²) in [6, 6.07) is 0. The molecule has 70 valence electrons. The Morgan fingerprint density at radius 1 is 0.769 bits per heavy atom. The minimum absolute atomic E-state index is 0.273. The van der Waals surface area contributed by atoms with Crippen molar-refractivity contribution in [3.63, 3.8) is 0 Å². The van der Waals surface area contributed by atoms with Crippen LogP contribution in [0.2, 0.25) is 0 Å². The van der Waals surface area contributed by atoms with Crippen molar-refractivity contribution in [2.75, 3.05) is 0 Å². The number of rotatable bonds is 0. The summed E-state index contributed by atoms with van der Waals surface area (Å²) in [6.45, 7) is 0. The number of hydrogen-bond donors (Lipinski definition) is 2. The van der Waals surface area contributed by atoms with Crippen molar-refractivity contribution >= 4 is 0 Å². The second kappa shape index (κ2) is 2.46. The van der Waals surface area contributed by atoms with Gasteiger partial charge < -0.3 is 10.2 Å². The maximum atomic E-state index is 9.79. The highest BCUT2D eigenvalue weighted by Crippen LogP contribution is 2.52. The van der Waals surface area contributed by atoms with Crippen molar-refractivity contribution in [2.24, 2.45) is 23.7 Å². The fourth-order valence-corrected chi connectivity index (χ4v) is 3.34. The van der Waals surface area contributed by atoms with Crippen LogP contribution in [0.3, 0.4) is 0 Å². The van der Waals surface area contributed by atoms with Crippen LogP contribution in [0.1, 0.15) is 6.42 Å². The van der Waals surface area contributed by atoms with E-state index < -0.39 is 0 Å². The lowest BCUT2D eigenvalue weighted by Gasteiger charge is -2.36. The Bertz CT molecular complexity index is 256. The van der Waals surface area contributed by atoms with Crippen molar-refractivity contribution in [3.05, 3.63) is 24.3 Å². The molecule has 13 heavy (non-hydrogen) atoms. The van der Waals surface area contributed by atoms with E-state index in [4.69, 9.17) is 0 Å². The van der Waals surface area contributed by atoms with Gasteiger partial charge in [-0.15, -0.1) is 0 Å². The van der Waals surface area contributed by atoms with Gasteiger partial charge in [0.1, 0.15) is 0 Å². The SMILES string of the molecule is O[C@@H]1C=C[C@H](O)C2C1[C@H]1C=C[C@@H]2C1. The molecule has 2 bridgehead atoms. The number of hydrogen-bond acceptors (Lipinski definition) is 2. The lowest BCUT2D eigenvalue weighted by molar-refractivity contribution is 0.0277. The summed E-state index contributed by atoms with van der Waals surface area (Å²) >= 11 is 0. The quantitative estimate of drug-likeness (QED) is 0.536. The van der Waals surface area contributed by atoms with E-state index in [2.05, 4.69) is 12.2 Å². The first-order valence-electron chi connectivity index (χ1n) is 5.00. The molecule has 0 aliphatic heterocycles. The molecule has 0 saturated heterocycles. The second-order valence-electron chi connectivity index (χ2n) is 4.47. The molecule has 0 heterocycles. The van der Waals surface area contributed by atoms with Crippen molar-refractivity contribution in [2.45, 2.75) is 18.6 Å². The van der Waals surface area contributed by atoms with Gasteiger partial charge in [0.15, 0.2) is 0 Å². The Morgan fingerprint density at radius 2 is 1.23 bits per heavy atom. The Balaban J connectivity index is 2.00.